The van der Waals surface area contributed by atoms with Gasteiger partial charge in [0.05, 0.1) is 18.7 Å². The Morgan fingerprint density at radius 2 is 1.80 bits per heavy atom. The van der Waals surface area contributed by atoms with Crippen molar-refractivity contribution in [1.82, 2.24) is 9.88 Å². The molecule has 4 rings (SSSR count). The number of aromatic nitrogens is 1. The van der Waals surface area contributed by atoms with Crippen LogP contribution in [0.5, 0.6) is 0 Å². The molecule has 152 valence electrons. The molecule has 0 spiro atoms. The van der Waals surface area contributed by atoms with E-state index in [2.05, 4.69) is 4.98 Å². The van der Waals surface area contributed by atoms with Crippen LogP contribution in [0.25, 0.3) is 10.9 Å². The Balaban J connectivity index is 1.73. The first-order valence-electron chi connectivity index (χ1n) is 9.61. The van der Waals surface area contributed by atoms with E-state index in [1.54, 1.807) is 12.1 Å². The number of H-pyrrole nitrogens is 1. The van der Waals surface area contributed by atoms with Crippen molar-refractivity contribution in [1.29, 1.82) is 0 Å². The average Bonchev–Trinajstić information content (AvgIpc) is 3.22. The van der Waals surface area contributed by atoms with Gasteiger partial charge in [-0.3, -0.25) is 9.59 Å². The highest BCUT2D eigenvalue weighted by atomic mass is 32.1. The summed E-state index contributed by atoms with van der Waals surface area (Å²) in [7, 11) is 0. The van der Waals surface area contributed by atoms with Crippen LogP contribution in [0.4, 0.5) is 4.39 Å². The molecular weight excluding hydrogens is 399 g/mol. The van der Waals surface area contributed by atoms with E-state index >= 15 is 0 Å². The minimum atomic E-state index is -0.572. The summed E-state index contributed by atoms with van der Waals surface area (Å²) in [6.45, 7) is 4.40. The van der Waals surface area contributed by atoms with Gasteiger partial charge < -0.3 is 9.88 Å². The summed E-state index contributed by atoms with van der Waals surface area (Å²) in [6, 6.07) is 15.5. The fraction of sp³-hybridized carbons (Fsp3) is 0.167. The number of carbonyl (C=O) groups is 1. The molecule has 1 amide bonds. The Kier molecular flexibility index (Phi) is 5.50. The van der Waals surface area contributed by atoms with Crippen molar-refractivity contribution < 1.29 is 9.18 Å². The molecule has 30 heavy (non-hydrogen) atoms. The molecule has 0 aliphatic rings. The number of rotatable bonds is 5. The number of carbonyl (C=O) groups excluding carboxylic acids is 1. The first kappa shape index (κ1) is 20.0. The van der Waals surface area contributed by atoms with Crippen LogP contribution in [0.3, 0.4) is 0 Å². The zero-order valence-electron chi connectivity index (χ0n) is 16.7. The molecule has 0 aliphatic heterocycles. The lowest BCUT2D eigenvalue weighted by Crippen LogP contribution is -2.32. The summed E-state index contributed by atoms with van der Waals surface area (Å²) in [5.74, 6) is -1.02. The first-order chi connectivity index (χ1) is 14.4. The van der Waals surface area contributed by atoms with E-state index in [1.807, 2.05) is 49.6 Å². The number of hydrogen-bond acceptors (Lipinski definition) is 3. The molecule has 4 aromatic rings. The summed E-state index contributed by atoms with van der Waals surface area (Å²) >= 11 is 1.52. The molecule has 0 fully saturated rings. The van der Waals surface area contributed by atoms with Crippen molar-refractivity contribution >= 4 is 28.1 Å². The van der Waals surface area contributed by atoms with Gasteiger partial charge in [-0.2, -0.15) is 0 Å². The number of pyridine rings is 1. The number of nitrogens with one attached hydrogen (secondary N) is 1. The van der Waals surface area contributed by atoms with Crippen LogP contribution in [-0.4, -0.2) is 15.8 Å². The smallest absolute Gasteiger partial charge is 0.257 e. The Morgan fingerprint density at radius 3 is 2.53 bits per heavy atom. The van der Waals surface area contributed by atoms with E-state index in [4.69, 9.17) is 0 Å². The van der Waals surface area contributed by atoms with E-state index in [9.17, 15) is 14.0 Å². The predicted octanol–water partition coefficient (Wildman–Crippen LogP) is 5.19. The van der Waals surface area contributed by atoms with Crippen LogP contribution in [0.2, 0.25) is 0 Å². The quantitative estimate of drug-likeness (QED) is 0.483. The molecule has 1 N–H and O–H groups in total. The second-order valence-corrected chi connectivity index (χ2v) is 8.40. The molecule has 2 aromatic carbocycles. The maximum Gasteiger partial charge on any atom is 0.257 e. The van der Waals surface area contributed by atoms with E-state index in [1.165, 1.54) is 28.4 Å². The summed E-state index contributed by atoms with van der Waals surface area (Å²) in [4.78, 5) is 31.3. The number of nitrogens with zero attached hydrogens (tertiary/aromatic N) is 1. The number of aryl methyl sites for hydroxylation is 2. The van der Waals surface area contributed by atoms with Crippen molar-refractivity contribution in [2.45, 2.75) is 26.9 Å². The zero-order valence-corrected chi connectivity index (χ0v) is 17.6. The van der Waals surface area contributed by atoms with Crippen LogP contribution in [0, 0.1) is 19.7 Å². The summed E-state index contributed by atoms with van der Waals surface area (Å²) < 4.78 is 14.3. The van der Waals surface area contributed by atoms with E-state index in [0.717, 1.165) is 26.9 Å². The second-order valence-electron chi connectivity index (χ2n) is 7.37. The lowest BCUT2D eigenvalue weighted by Gasteiger charge is -2.22. The maximum absolute atomic E-state index is 14.3. The van der Waals surface area contributed by atoms with Crippen molar-refractivity contribution in [3.8, 4) is 0 Å². The number of halogens is 1. The largest absolute Gasteiger partial charge is 0.329 e. The summed E-state index contributed by atoms with van der Waals surface area (Å²) in [5, 5.41) is 2.83. The minimum absolute atomic E-state index is 0.00209. The Hall–Kier alpha value is -3.25. The van der Waals surface area contributed by atoms with Crippen LogP contribution in [-0.2, 0) is 13.1 Å². The number of thiophene rings is 1. The van der Waals surface area contributed by atoms with Crippen molar-refractivity contribution in [2.24, 2.45) is 0 Å². The third kappa shape index (κ3) is 4.04. The molecule has 0 bridgehead atoms. The summed E-state index contributed by atoms with van der Waals surface area (Å²) in [6.07, 6.45) is 0. The highest BCUT2D eigenvalue weighted by molar-refractivity contribution is 7.09. The molecule has 6 heteroatoms. The van der Waals surface area contributed by atoms with Gasteiger partial charge in [0, 0.05) is 16.0 Å². The normalized spacial score (nSPS) is 11.0. The number of amides is 1. The molecule has 2 heterocycles. The van der Waals surface area contributed by atoms with Crippen molar-refractivity contribution in [3.05, 3.63) is 103 Å². The maximum atomic E-state index is 14.3. The predicted molar refractivity (Wildman–Crippen MR) is 118 cm³/mol. The van der Waals surface area contributed by atoms with Crippen LogP contribution in [0.1, 0.15) is 31.9 Å². The van der Waals surface area contributed by atoms with Crippen LogP contribution in [0.15, 0.2) is 64.8 Å². The van der Waals surface area contributed by atoms with Crippen molar-refractivity contribution in [2.75, 3.05) is 0 Å². The minimum Gasteiger partial charge on any atom is -0.329 e. The molecule has 0 atom stereocenters. The van der Waals surface area contributed by atoms with Gasteiger partial charge in [0.2, 0.25) is 0 Å². The van der Waals surface area contributed by atoms with Gasteiger partial charge >= 0.3 is 0 Å². The van der Waals surface area contributed by atoms with Crippen molar-refractivity contribution in [3.63, 3.8) is 0 Å². The van der Waals surface area contributed by atoms with Gasteiger partial charge in [-0.1, -0.05) is 18.2 Å². The highest BCUT2D eigenvalue weighted by Gasteiger charge is 2.21. The molecule has 4 nitrogen and oxygen atoms in total. The van der Waals surface area contributed by atoms with E-state index in [0.29, 0.717) is 12.1 Å². The van der Waals surface area contributed by atoms with Gasteiger partial charge in [0.15, 0.2) is 0 Å². The highest BCUT2D eigenvalue weighted by Crippen LogP contribution is 2.21. The van der Waals surface area contributed by atoms with Gasteiger partial charge in [-0.05, 0) is 72.1 Å². The Bertz CT molecular complexity index is 1280. The SMILES string of the molecule is Cc1cc2cc(CN(Cc3cccs3)C(=O)c3ccccc3F)c(=O)[nH]c2cc1C. The number of hydrogen-bond donors (Lipinski definition) is 1. The van der Waals surface area contributed by atoms with Crippen LogP contribution >= 0.6 is 11.3 Å². The first-order valence-corrected chi connectivity index (χ1v) is 10.5. The third-order valence-electron chi connectivity index (χ3n) is 5.21. The molecule has 0 unspecified atom stereocenters. The van der Waals surface area contributed by atoms with Gasteiger partial charge in [-0.25, -0.2) is 4.39 Å². The Morgan fingerprint density at radius 1 is 1.03 bits per heavy atom. The van der Waals surface area contributed by atoms with Crippen LogP contribution < -0.4 is 5.56 Å². The number of benzene rings is 2. The molecule has 0 aliphatic carbocycles. The second kappa shape index (κ2) is 8.24. The lowest BCUT2D eigenvalue weighted by molar-refractivity contribution is 0.0726. The number of fused-ring (bicyclic) bond motifs is 1. The van der Waals surface area contributed by atoms with Gasteiger partial charge in [0.25, 0.3) is 11.5 Å². The fourth-order valence-electron chi connectivity index (χ4n) is 3.44. The fourth-order valence-corrected chi connectivity index (χ4v) is 4.16. The molecule has 0 saturated carbocycles. The summed E-state index contributed by atoms with van der Waals surface area (Å²) in [5.41, 5.74) is 3.20. The van der Waals surface area contributed by atoms with E-state index in [-0.39, 0.29) is 17.7 Å². The topological polar surface area (TPSA) is 53.2 Å². The zero-order chi connectivity index (χ0) is 21.3. The molecular formula is C24H21FN2O2S. The Labute approximate surface area is 177 Å². The molecule has 0 saturated heterocycles. The molecule has 2 aromatic heterocycles. The monoisotopic (exact) mass is 420 g/mol. The third-order valence-corrected chi connectivity index (χ3v) is 6.08. The van der Waals surface area contributed by atoms with Gasteiger partial charge in [0.1, 0.15) is 5.82 Å². The standard InChI is InChI=1S/C24H21FN2O2S/c1-15-10-17-12-18(23(28)26-22(17)11-16(15)2)13-27(14-19-6-5-9-30-19)24(29)20-7-3-4-8-21(20)25/h3-12H,13-14H2,1-2H3,(H,26,28). The van der Waals surface area contributed by atoms with E-state index < -0.39 is 11.7 Å². The molecule has 0 radical (unpaired) electrons. The number of aromatic amines is 1. The average molecular weight is 421 g/mol. The van der Waals surface area contributed by atoms with Gasteiger partial charge in [-0.15, -0.1) is 11.3 Å². The lowest BCUT2D eigenvalue weighted by atomic mass is 10.0.